The molecule has 0 aromatic heterocycles. The number of phenols is 1. The topological polar surface area (TPSA) is 41.5 Å². The molecule has 20 heavy (non-hydrogen) atoms. The quantitative estimate of drug-likeness (QED) is 0.897. The number of ether oxygens (including phenoxy) is 1. The van der Waals surface area contributed by atoms with E-state index >= 15 is 0 Å². The van der Waals surface area contributed by atoms with Crippen molar-refractivity contribution in [1.29, 1.82) is 0 Å². The Kier molecular flexibility index (Phi) is 3.22. The Labute approximate surface area is 117 Å². The summed E-state index contributed by atoms with van der Waals surface area (Å²) >= 11 is 0. The van der Waals surface area contributed by atoms with Crippen LogP contribution in [-0.2, 0) is 6.42 Å². The molecule has 0 radical (unpaired) electrons. The van der Waals surface area contributed by atoms with E-state index in [0.29, 0.717) is 5.56 Å². The molecule has 2 N–H and O–H groups in total. The molecule has 2 aromatic rings. The Morgan fingerprint density at radius 2 is 2.10 bits per heavy atom. The first-order valence-electron chi connectivity index (χ1n) is 6.64. The molecule has 0 spiro atoms. The number of phenolic OH excluding ortho intramolecular Hbond substituents is 1. The number of hydrogen-bond donors (Lipinski definition) is 2. The first-order chi connectivity index (χ1) is 9.63. The summed E-state index contributed by atoms with van der Waals surface area (Å²) in [7, 11) is 0. The maximum atomic E-state index is 13.3. The van der Waals surface area contributed by atoms with E-state index in [1.165, 1.54) is 23.8 Å². The minimum Gasteiger partial charge on any atom is -0.508 e. The molecular weight excluding hydrogens is 257 g/mol. The average molecular weight is 273 g/mol. The van der Waals surface area contributed by atoms with Gasteiger partial charge in [0, 0.05) is 17.7 Å². The van der Waals surface area contributed by atoms with Crippen LogP contribution in [-0.4, -0.2) is 11.7 Å². The molecule has 1 heterocycles. The van der Waals surface area contributed by atoms with Gasteiger partial charge in [0.05, 0.1) is 12.6 Å². The monoisotopic (exact) mass is 273 g/mol. The molecule has 1 unspecified atom stereocenters. The Morgan fingerprint density at radius 3 is 2.95 bits per heavy atom. The van der Waals surface area contributed by atoms with Crippen LogP contribution in [0.1, 0.15) is 24.1 Å². The van der Waals surface area contributed by atoms with Crippen LogP contribution < -0.4 is 10.1 Å². The maximum absolute atomic E-state index is 13.3. The third kappa shape index (κ3) is 2.41. The van der Waals surface area contributed by atoms with Crippen LogP contribution in [0.15, 0.2) is 36.4 Å². The van der Waals surface area contributed by atoms with Crippen molar-refractivity contribution in [1.82, 2.24) is 0 Å². The average Bonchev–Trinajstić information content (AvgIpc) is 2.89. The van der Waals surface area contributed by atoms with Gasteiger partial charge in [-0.15, -0.1) is 0 Å². The van der Waals surface area contributed by atoms with Gasteiger partial charge in [0.2, 0.25) is 0 Å². The van der Waals surface area contributed by atoms with E-state index in [9.17, 15) is 9.50 Å². The number of hydrogen-bond acceptors (Lipinski definition) is 3. The standard InChI is InChI=1S/C16H16FNO2/c1-10(14-9-12(17)2-4-15(14)19)18-13-3-5-16-11(8-13)6-7-20-16/h2-5,8-10,18-19H,6-7H2,1H3. The number of halogens is 1. The van der Waals surface area contributed by atoms with Gasteiger partial charge in [0.1, 0.15) is 17.3 Å². The van der Waals surface area contributed by atoms with Gasteiger partial charge in [0.15, 0.2) is 0 Å². The highest BCUT2D eigenvalue weighted by Crippen LogP contribution is 2.31. The normalized spacial score (nSPS) is 14.5. The van der Waals surface area contributed by atoms with Crippen molar-refractivity contribution in [3.05, 3.63) is 53.3 Å². The molecule has 3 nitrogen and oxygen atoms in total. The number of nitrogens with one attached hydrogen (secondary N) is 1. The Bertz CT molecular complexity index is 642. The molecule has 0 saturated heterocycles. The highest BCUT2D eigenvalue weighted by Gasteiger charge is 2.15. The zero-order chi connectivity index (χ0) is 14.1. The molecule has 104 valence electrons. The predicted molar refractivity (Wildman–Crippen MR) is 75.7 cm³/mol. The third-order valence-corrected chi connectivity index (χ3v) is 3.53. The van der Waals surface area contributed by atoms with Crippen LogP contribution in [0.3, 0.4) is 0 Å². The van der Waals surface area contributed by atoms with Gasteiger partial charge in [-0.2, -0.15) is 0 Å². The van der Waals surface area contributed by atoms with Gasteiger partial charge < -0.3 is 15.2 Å². The van der Waals surface area contributed by atoms with Crippen LogP contribution in [0.2, 0.25) is 0 Å². The molecule has 2 aromatic carbocycles. The van der Waals surface area contributed by atoms with Gasteiger partial charge in [-0.25, -0.2) is 4.39 Å². The van der Waals surface area contributed by atoms with Crippen LogP contribution in [0, 0.1) is 5.82 Å². The van der Waals surface area contributed by atoms with Crippen molar-refractivity contribution in [2.24, 2.45) is 0 Å². The van der Waals surface area contributed by atoms with Gasteiger partial charge in [-0.1, -0.05) is 0 Å². The summed E-state index contributed by atoms with van der Waals surface area (Å²) in [5.41, 5.74) is 2.65. The molecule has 1 aliphatic heterocycles. The van der Waals surface area contributed by atoms with Crippen molar-refractivity contribution in [3.8, 4) is 11.5 Å². The fourth-order valence-electron chi connectivity index (χ4n) is 2.48. The van der Waals surface area contributed by atoms with Crippen LogP contribution in [0.4, 0.5) is 10.1 Å². The number of benzene rings is 2. The molecule has 1 aliphatic rings. The number of rotatable bonds is 3. The molecule has 0 bridgehead atoms. The van der Waals surface area contributed by atoms with E-state index in [0.717, 1.165) is 24.5 Å². The molecule has 1 atom stereocenters. The minimum absolute atomic E-state index is 0.0934. The second-order valence-electron chi connectivity index (χ2n) is 4.99. The van der Waals surface area contributed by atoms with E-state index in [-0.39, 0.29) is 17.6 Å². The van der Waals surface area contributed by atoms with Gasteiger partial charge >= 0.3 is 0 Å². The van der Waals surface area contributed by atoms with Crippen molar-refractivity contribution >= 4 is 5.69 Å². The van der Waals surface area contributed by atoms with Crippen molar-refractivity contribution in [3.63, 3.8) is 0 Å². The molecule has 0 fully saturated rings. The first kappa shape index (κ1) is 12.8. The van der Waals surface area contributed by atoms with E-state index < -0.39 is 0 Å². The fraction of sp³-hybridized carbons (Fsp3) is 0.250. The highest BCUT2D eigenvalue weighted by molar-refractivity contribution is 5.54. The van der Waals surface area contributed by atoms with Crippen molar-refractivity contribution < 1.29 is 14.2 Å². The second-order valence-corrected chi connectivity index (χ2v) is 4.99. The number of fused-ring (bicyclic) bond motifs is 1. The number of aromatic hydroxyl groups is 1. The molecule has 4 heteroatoms. The summed E-state index contributed by atoms with van der Waals surface area (Å²) in [4.78, 5) is 0. The first-order valence-corrected chi connectivity index (χ1v) is 6.64. The predicted octanol–water partition coefficient (Wildman–Crippen LogP) is 3.64. The summed E-state index contributed by atoms with van der Waals surface area (Å²) < 4.78 is 18.7. The van der Waals surface area contributed by atoms with Gasteiger partial charge in [0.25, 0.3) is 0 Å². The van der Waals surface area contributed by atoms with Gasteiger partial charge in [-0.3, -0.25) is 0 Å². The van der Waals surface area contributed by atoms with E-state index in [1.54, 1.807) is 0 Å². The second kappa shape index (κ2) is 5.04. The van der Waals surface area contributed by atoms with Crippen LogP contribution in [0.25, 0.3) is 0 Å². The lowest BCUT2D eigenvalue weighted by Crippen LogP contribution is -2.07. The zero-order valence-electron chi connectivity index (χ0n) is 11.2. The van der Waals surface area contributed by atoms with Gasteiger partial charge in [-0.05, 0) is 48.9 Å². The Hall–Kier alpha value is -2.23. The van der Waals surface area contributed by atoms with Crippen LogP contribution >= 0.6 is 0 Å². The summed E-state index contributed by atoms with van der Waals surface area (Å²) in [5.74, 6) is 0.668. The van der Waals surface area contributed by atoms with E-state index in [4.69, 9.17) is 4.74 Å². The van der Waals surface area contributed by atoms with E-state index in [1.807, 2.05) is 25.1 Å². The SMILES string of the molecule is CC(Nc1ccc2c(c1)CCO2)c1cc(F)ccc1O. The third-order valence-electron chi connectivity index (χ3n) is 3.53. The summed E-state index contributed by atoms with van der Waals surface area (Å²) in [6.45, 7) is 2.61. The maximum Gasteiger partial charge on any atom is 0.123 e. The fourth-order valence-corrected chi connectivity index (χ4v) is 2.48. The summed E-state index contributed by atoms with van der Waals surface area (Å²) in [6, 6.07) is 9.68. The van der Waals surface area contributed by atoms with Crippen molar-refractivity contribution in [2.45, 2.75) is 19.4 Å². The zero-order valence-corrected chi connectivity index (χ0v) is 11.2. The smallest absolute Gasteiger partial charge is 0.123 e. The highest BCUT2D eigenvalue weighted by atomic mass is 19.1. The molecule has 3 rings (SSSR count). The number of anilines is 1. The summed E-state index contributed by atoms with van der Waals surface area (Å²) in [6.07, 6.45) is 0.907. The molecule has 0 amide bonds. The molecular formula is C16H16FNO2. The minimum atomic E-state index is -0.353. The van der Waals surface area contributed by atoms with Crippen LogP contribution in [0.5, 0.6) is 11.5 Å². The molecule has 0 aliphatic carbocycles. The lowest BCUT2D eigenvalue weighted by molar-refractivity contribution is 0.357. The Balaban J connectivity index is 1.82. The van der Waals surface area contributed by atoms with E-state index in [2.05, 4.69) is 5.32 Å². The largest absolute Gasteiger partial charge is 0.508 e. The Morgan fingerprint density at radius 1 is 1.25 bits per heavy atom. The summed E-state index contributed by atoms with van der Waals surface area (Å²) in [5, 5.41) is 13.1. The lowest BCUT2D eigenvalue weighted by atomic mass is 10.1. The molecule has 0 saturated carbocycles. The lowest BCUT2D eigenvalue weighted by Gasteiger charge is -2.17. The van der Waals surface area contributed by atoms with Crippen molar-refractivity contribution in [2.75, 3.05) is 11.9 Å².